The van der Waals surface area contributed by atoms with Crippen LogP contribution in [0.4, 0.5) is 10.2 Å². The molecule has 5 heteroatoms. The number of benzene rings is 1. The molecule has 1 unspecified atom stereocenters. The number of aromatic nitrogens is 1. The molecule has 0 aliphatic carbocycles. The first-order valence-corrected chi connectivity index (χ1v) is 5.36. The number of ether oxygens (including phenoxy) is 1. The van der Waals surface area contributed by atoms with Crippen molar-refractivity contribution in [3.05, 3.63) is 18.2 Å². The van der Waals surface area contributed by atoms with E-state index in [9.17, 15) is 4.39 Å². The molecular formula is C10H11FN2OS. The van der Waals surface area contributed by atoms with Gasteiger partial charge in [0.1, 0.15) is 5.75 Å². The number of hydrogen-bond acceptors (Lipinski definition) is 4. The van der Waals surface area contributed by atoms with Gasteiger partial charge >= 0.3 is 0 Å². The molecule has 0 saturated carbocycles. The maximum atomic E-state index is 12.8. The third kappa shape index (κ3) is 1.87. The van der Waals surface area contributed by atoms with E-state index in [2.05, 4.69) is 9.69 Å². The first-order chi connectivity index (χ1) is 7.22. The summed E-state index contributed by atoms with van der Waals surface area (Å²) < 4.78 is 23.1. The largest absolute Gasteiger partial charge is 0.460 e. The summed E-state index contributed by atoms with van der Waals surface area (Å²) in [5, 5.41) is 3.80. The zero-order chi connectivity index (χ0) is 10.8. The summed E-state index contributed by atoms with van der Waals surface area (Å²) in [6.45, 7) is 1.36. The Morgan fingerprint density at radius 1 is 1.53 bits per heavy atom. The van der Waals surface area contributed by atoms with Gasteiger partial charge in [-0.25, -0.2) is 4.39 Å². The maximum Gasteiger partial charge on any atom is 0.235 e. The Kier molecular flexibility index (Phi) is 2.73. The Labute approximate surface area is 91.0 Å². The van der Waals surface area contributed by atoms with Crippen LogP contribution in [0.3, 0.4) is 0 Å². The molecule has 0 amide bonds. The van der Waals surface area contributed by atoms with E-state index in [0.29, 0.717) is 5.75 Å². The van der Waals surface area contributed by atoms with E-state index in [-0.39, 0.29) is 0 Å². The monoisotopic (exact) mass is 226 g/mol. The highest BCUT2D eigenvalue weighted by atomic mass is 32.1. The molecule has 0 saturated heterocycles. The first kappa shape index (κ1) is 10.2. The minimum Gasteiger partial charge on any atom is -0.460 e. The van der Waals surface area contributed by atoms with E-state index in [4.69, 9.17) is 4.74 Å². The van der Waals surface area contributed by atoms with Gasteiger partial charge in [-0.15, -0.1) is 0 Å². The van der Waals surface area contributed by atoms with E-state index >= 15 is 0 Å². The van der Waals surface area contributed by atoms with E-state index in [0.717, 1.165) is 15.9 Å². The van der Waals surface area contributed by atoms with Gasteiger partial charge in [0.15, 0.2) is 5.82 Å². The van der Waals surface area contributed by atoms with E-state index in [1.54, 1.807) is 13.1 Å². The van der Waals surface area contributed by atoms with Crippen LogP contribution >= 0.6 is 11.5 Å². The number of fused-ring (bicyclic) bond motifs is 1. The highest BCUT2D eigenvalue weighted by Gasteiger charge is 2.12. The second-order valence-electron chi connectivity index (χ2n) is 3.07. The van der Waals surface area contributed by atoms with Gasteiger partial charge < -0.3 is 10.1 Å². The molecule has 0 aliphatic rings. The topological polar surface area (TPSA) is 34.2 Å². The first-order valence-electron chi connectivity index (χ1n) is 4.59. The molecule has 1 N–H and O–H groups in total. The van der Waals surface area contributed by atoms with Crippen LogP contribution in [-0.2, 0) is 0 Å². The number of nitrogens with zero attached hydrogens (tertiary/aromatic N) is 1. The lowest BCUT2D eigenvalue weighted by Crippen LogP contribution is -2.04. The zero-order valence-electron chi connectivity index (χ0n) is 8.45. The van der Waals surface area contributed by atoms with Crippen molar-refractivity contribution in [2.75, 3.05) is 12.4 Å². The average molecular weight is 226 g/mol. The third-order valence-electron chi connectivity index (χ3n) is 1.99. The lowest BCUT2D eigenvalue weighted by Gasteiger charge is -2.08. The van der Waals surface area contributed by atoms with Crippen LogP contribution in [0, 0.1) is 0 Å². The van der Waals surface area contributed by atoms with E-state index < -0.39 is 6.36 Å². The molecule has 1 aromatic heterocycles. The van der Waals surface area contributed by atoms with Gasteiger partial charge in [0.05, 0.1) is 10.1 Å². The molecule has 2 aromatic rings. The molecule has 0 aliphatic heterocycles. The van der Waals surface area contributed by atoms with E-state index in [1.807, 2.05) is 12.1 Å². The molecular weight excluding hydrogens is 215 g/mol. The Hall–Kier alpha value is -1.36. The number of nitrogens with one attached hydrogen (secondary N) is 1. The van der Waals surface area contributed by atoms with Gasteiger partial charge in [0.2, 0.25) is 6.36 Å². The summed E-state index contributed by atoms with van der Waals surface area (Å²) in [5.74, 6) is 1.26. The molecule has 0 spiro atoms. The molecule has 1 aromatic carbocycles. The minimum absolute atomic E-state index is 0.528. The Balaban J connectivity index is 2.56. The van der Waals surface area contributed by atoms with Crippen LogP contribution in [0.2, 0.25) is 0 Å². The second kappa shape index (κ2) is 4.02. The molecule has 0 fully saturated rings. The molecule has 15 heavy (non-hydrogen) atoms. The van der Waals surface area contributed by atoms with E-state index in [1.165, 1.54) is 18.5 Å². The Morgan fingerprint density at radius 2 is 2.33 bits per heavy atom. The summed E-state index contributed by atoms with van der Waals surface area (Å²) in [4.78, 5) is 0. The van der Waals surface area contributed by atoms with Crippen LogP contribution in [-0.4, -0.2) is 17.8 Å². The van der Waals surface area contributed by atoms with Gasteiger partial charge in [-0.1, -0.05) is 6.07 Å². The van der Waals surface area contributed by atoms with Crippen molar-refractivity contribution in [1.29, 1.82) is 0 Å². The molecule has 3 nitrogen and oxygen atoms in total. The average Bonchev–Trinajstić information content (AvgIpc) is 2.61. The normalized spacial score (nSPS) is 12.7. The zero-order valence-corrected chi connectivity index (χ0v) is 9.27. The van der Waals surface area contributed by atoms with Crippen molar-refractivity contribution in [1.82, 2.24) is 4.37 Å². The fraction of sp³-hybridized carbons (Fsp3) is 0.300. The molecule has 0 radical (unpaired) electrons. The van der Waals surface area contributed by atoms with Crippen LogP contribution < -0.4 is 10.1 Å². The highest BCUT2D eigenvalue weighted by molar-refractivity contribution is 7.13. The smallest absolute Gasteiger partial charge is 0.235 e. The van der Waals surface area contributed by atoms with Crippen molar-refractivity contribution < 1.29 is 9.13 Å². The number of hydrogen-bond donors (Lipinski definition) is 1. The predicted molar refractivity (Wildman–Crippen MR) is 60.4 cm³/mol. The summed E-state index contributed by atoms with van der Waals surface area (Å²) in [5.41, 5.74) is 0. The third-order valence-corrected chi connectivity index (χ3v) is 2.80. The SMILES string of the molecule is CNc1nsc2cccc(OC(C)F)c12. The van der Waals surface area contributed by atoms with Gasteiger partial charge in [0, 0.05) is 14.0 Å². The summed E-state index contributed by atoms with van der Waals surface area (Å²) in [7, 11) is 1.78. The highest BCUT2D eigenvalue weighted by Crippen LogP contribution is 2.34. The van der Waals surface area contributed by atoms with Crippen molar-refractivity contribution >= 4 is 27.4 Å². The fourth-order valence-corrected chi connectivity index (χ4v) is 2.20. The lowest BCUT2D eigenvalue weighted by atomic mass is 10.2. The lowest BCUT2D eigenvalue weighted by molar-refractivity contribution is 0.0878. The summed E-state index contributed by atoms with van der Waals surface area (Å²) in [6.07, 6.45) is -1.32. The van der Waals surface area contributed by atoms with Crippen molar-refractivity contribution in [2.45, 2.75) is 13.3 Å². The Morgan fingerprint density at radius 3 is 3.00 bits per heavy atom. The maximum absolute atomic E-state index is 12.8. The van der Waals surface area contributed by atoms with Gasteiger partial charge in [0.25, 0.3) is 0 Å². The summed E-state index contributed by atoms with van der Waals surface area (Å²) in [6, 6.07) is 5.51. The fourth-order valence-electron chi connectivity index (χ4n) is 1.40. The van der Waals surface area contributed by atoms with Crippen LogP contribution in [0.1, 0.15) is 6.92 Å². The number of alkyl halides is 1. The summed E-state index contributed by atoms with van der Waals surface area (Å²) >= 11 is 1.36. The van der Waals surface area contributed by atoms with Crippen LogP contribution in [0.25, 0.3) is 10.1 Å². The Bertz CT molecular complexity index is 469. The molecule has 80 valence electrons. The molecule has 1 atom stereocenters. The molecule has 2 rings (SSSR count). The van der Waals surface area contributed by atoms with Crippen LogP contribution in [0.15, 0.2) is 18.2 Å². The van der Waals surface area contributed by atoms with Crippen LogP contribution in [0.5, 0.6) is 5.75 Å². The predicted octanol–water partition coefficient (Wildman–Crippen LogP) is 3.03. The molecule has 0 bridgehead atoms. The van der Waals surface area contributed by atoms with Crippen molar-refractivity contribution in [3.8, 4) is 5.75 Å². The minimum atomic E-state index is -1.32. The standard InChI is InChI=1S/C10H11FN2OS/c1-6(11)14-7-4-3-5-8-9(7)10(12-2)13-15-8/h3-6H,1-2H3,(H,12,13). The number of rotatable bonds is 3. The van der Waals surface area contributed by atoms with Crippen molar-refractivity contribution in [3.63, 3.8) is 0 Å². The van der Waals surface area contributed by atoms with Gasteiger partial charge in [-0.2, -0.15) is 4.37 Å². The van der Waals surface area contributed by atoms with Gasteiger partial charge in [-0.05, 0) is 23.7 Å². The quantitative estimate of drug-likeness (QED) is 0.873. The number of anilines is 1. The van der Waals surface area contributed by atoms with Gasteiger partial charge in [-0.3, -0.25) is 0 Å². The second-order valence-corrected chi connectivity index (χ2v) is 3.88. The van der Waals surface area contributed by atoms with Crippen molar-refractivity contribution in [2.24, 2.45) is 0 Å². The molecule has 1 heterocycles. The number of halogens is 1.